The molecule has 4 nitrogen and oxygen atoms in total. The van der Waals surface area contributed by atoms with Crippen LogP contribution in [-0.4, -0.2) is 10.5 Å². The minimum Gasteiger partial charge on any atom is -0.546 e. The maximum atomic E-state index is 10.6. The third-order valence-corrected chi connectivity index (χ3v) is 3.26. The van der Waals surface area contributed by atoms with Crippen LogP contribution in [0, 0.1) is 0 Å². The van der Waals surface area contributed by atoms with E-state index in [1.165, 1.54) is 32.1 Å². The van der Waals surface area contributed by atoms with Crippen molar-refractivity contribution in [2.75, 3.05) is 0 Å². The van der Waals surface area contributed by atoms with Gasteiger partial charge in [0.2, 0.25) is 0 Å². The normalized spacial score (nSPS) is 10.8. The Morgan fingerprint density at radius 3 is 2.61 bits per heavy atom. The van der Waals surface area contributed by atoms with Crippen LogP contribution in [0.25, 0.3) is 0 Å². The van der Waals surface area contributed by atoms with Gasteiger partial charge < -0.3 is 9.90 Å². The first kappa shape index (κ1) is 14.7. The molecule has 0 aliphatic rings. The molecule has 0 aliphatic heterocycles. The van der Waals surface area contributed by atoms with Crippen LogP contribution < -0.4 is 9.67 Å². The molecule has 0 saturated carbocycles. The smallest absolute Gasteiger partial charge is 0.256 e. The molecule has 18 heavy (non-hydrogen) atoms. The number of unbranched alkanes of at least 4 members (excludes halogenated alkanes) is 5. The molecule has 1 heterocycles. The molecule has 1 aromatic heterocycles. The van der Waals surface area contributed by atoms with Gasteiger partial charge in [-0.1, -0.05) is 39.0 Å². The number of aliphatic carboxylic acids is 1. The van der Waals surface area contributed by atoms with Crippen LogP contribution in [0.2, 0.25) is 0 Å². The number of carboxylic acid groups (broad SMARTS) is 1. The van der Waals surface area contributed by atoms with E-state index in [0.717, 1.165) is 18.7 Å². The molecule has 0 spiro atoms. The van der Waals surface area contributed by atoms with Crippen molar-refractivity contribution >= 4 is 5.97 Å². The number of hydrogen-bond donors (Lipinski definition) is 0. The summed E-state index contributed by atoms with van der Waals surface area (Å²) in [4.78, 5) is 10.6. The highest BCUT2D eigenvalue weighted by molar-refractivity contribution is 5.64. The molecule has 0 aromatic carbocycles. The van der Waals surface area contributed by atoms with Crippen molar-refractivity contribution in [1.29, 1.82) is 0 Å². The molecule has 0 unspecified atom stereocenters. The van der Waals surface area contributed by atoms with Gasteiger partial charge >= 0.3 is 0 Å². The highest BCUT2D eigenvalue weighted by Crippen LogP contribution is 2.08. The van der Waals surface area contributed by atoms with E-state index in [1.807, 2.05) is 24.0 Å². The number of aryl methyl sites for hydroxylation is 1. The Kier molecular flexibility index (Phi) is 6.47. The summed E-state index contributed by atoms with van der Waals surface area (Å²) < 4.78 is 3.76. The van der Waals surface area contributed by atoms with Crippen molar-refractivity contribution in [2.45, 2.75) is 58.4 Å². The number of aromatic nitrogens is 2. The summed E-state index contributed by atoms with van der Waals surface area (Å²) in [6.07, 6.45) is 12.1. The molecule has 1 aromatic rings. The largest absolute Gasteiger partial charge is 0.546 e. The maximum Gasteiger partial charge on any atom is 0.256 e. The van der Waals surface area contributed by atoms with E-state index in [9.17, 15) is 9.90 Å². The Morgan fingerprint density at radius 2 is 1.94 bits per heavy atom. The standard InChI is InChI=1S/C14H24N2O2/c1-3-4-5-6-7-8-9-13-15(2)10-11-16(13)12-14(17)18/h10-11H,3-9,12H2,1-2H3. The predicted molar refractivity (Wildman–Crippen MR) is 67.7 cm³/mol. The third-order valence-electron chi connectivity index (χ3n) is 3.26. The Balaban J connectivity index is 2.36. The molecule has 0 aliphatic carbocycles. The lowest BCUT2D eigenvalue weighted by molar-refractivity contribution is -0.678. The van der Waals surface area contributed by atoms with Gasteiger partial charge in [-0.15, -0.1) is 0 Å². The summed E-state index contributed by atoms with van der Waals surface area (Å²) in [5.41, 5.74) is 0. The number of hydrogen-bond acceptors (Lipinski definition) is 2. The lowest BCUT2D eigenvalue weighted by atomic mass is 10.1. The van der Waals surface area contributed by atoms with Gasteiger partial charge in [-0.3, -0.25) is 0 Å². The fraction of sp³-hybridized carbons (Fsp3) is 0.714. The summed E-state index contributed by atoms with van der Waals surface area (Å²) in [5, 5.41) is 10.6. The highest BCUT2D eigenvalue weighted by atomic mass is 16.4. The summed E-state index contributed by atoms with van der Waals surface area (Å²) in [6, 6.07) is 0. The van der Waals surface area contributed by atoms with E-state index in [0.29, 0.717) is 0 Å². The molecular formula is C14H24N2O2. The van der Waals surface area contributed by atoms with Crippen molar-refractivity contribution in [3.63, 3.8) is 0 Å². The van der Waals surface area contributed by atoms with Gasteiger partial charge in [0.15, 0.2) is 0 Å². The number of carbonyl (C=O) groups excluding carboxylic acids is 1. The van der Waals surface area contributed by atoms with Crippen LogP contribution in [0.15, 0.2) is 12.4 Å². The molecular weight excluding hydrogens is 228 g/mol. The van der Waals surface area contributed by atoms with Crippen LogP contribution in [-0.2, 0) is 24.8 Å². The second-order valence-corrected chi connectivity index (χ2v) is 4.84. The fourth-order valence-electron chi connectivity index (χ4n) is 2.22. The molecule has 0 amide bonds. The van der Waals surface area contributed by atoms with Gasteiger partial charge in [0.1, 0.15) is 18.9 Å². The van der Waals surface area contributed by atoms with Gasteiger partial charge in [0, 0.05) is 6.42 Å². The summed E-state index contributed by atoms with van der Waals surface area (Å²) in [5.74, 6) is 0.0325. The van der Waals surface area contributed by atoms with Crippen LogP contribution in [0.5, 0.6) is 0 Å². The topological polar surface area (TPSA) is 48.9 Å². The van der Waals surface area contributed by atoms with E-state index in [1.54, 1.807) is 4.57 Å². The highest BCUT2D eigenvalue weighted by Gasteiger charge is 2.13. The molecule has 102 valence electrons. The Bertz CT molecular complexity index is 372. The lowest BCUT2D eigenvalue weighted by Gasteiger charge is -2.04. The van der Waals surface area contributed by atoms with E-state index >= 15 is 0 Å². The van der Waals surface area contributed by atoms with Gasteiger partial charge in [-0.05, 0) is 6.42 Å². The van der Waals surface area contributed by atoms with E-state index in [4.69, 9.17) is 0 Å². The predicted octanol–water partition coefficient (Wildman–Crippen LogP) is 0.966. The maximum absolute atomic E-state index is 10.6. The minimum absolute atomic E-state index is 0.0496. The number of carbonyl (C=O) groups is 1. The molecule has 1 rings (SSSR count). The molecule has 0 N–H and O–H groups in total. The second-order valence-electron chi connectivity index (χ2n) is 4.84. The van der Waals surface area contributed by atoms with Crippen LogP contribution in [0.3, 0.4) is 0 Å². The minimum atomic E-state index is -1.03. The monoisotopic (exact) mass is 252 g/mol. The Labute approximate surface area is 109 Å². The Hall–Kier alpha value is -1.32. The zero-order chi connectivity index (χ0) is 13.4. The van der Waals surface area contributed by atoms with Crippen molar-refractivity contribution in [1.82, 2.24) is 4.57 Å². The third kappa shape index (κ3) is 4.90. The molecule has 0 radical (unpaired) electrons. The number of nitrogens with zero attached hydrogens (tertiary/aromatic N) is 2. The molecule has 0 atom stereocenters. The van der Waals surface area contributed by atoms with Crippen LogP contribution >= 0.6 is 0 Å². The van der Waals surface area contributed by atoms with E-state index < -0.39 is 5.97 Å². The average molecular weight is 252 g/mol. The van der Waals surface area contributed by atoms with Gasteiger partial charge in [-0.2, -0.15) is 0 Å². The molecule has 0 bridgehead atoms. The number of imidazole rings is 1. The van der Waals surface area contributed by atoms with Gasteiger partial charge in [-0.25, -0.2) is 9.13 Å². The number of carboxylic acids is 1. The molecule has 0 saturated heterocycles. The summed E-state index contributed by atoms with van der Waals surface area (Å²) in [7, 11) is 1.96. The van der Waals surface area contributed by atoms with Crippen molar-refractivity contribution in [3.05, 3.63) is 18.2 Å². The zero-order valence-electron chi connectivity index (χ0n) is 11.5. The molecule has 0 fully saturated rings. The Morgan fingerprint density at radius 1 is 1.28 bits per heavy atom. The van der Waals surface area contributed by atoms with Gasteiger partial charge in [0.05, 0.1) is 13.0 Å². The number of rotatable bonds is 9. The zero-order valence-corrected chi connectivity index (χ0v) is 11.5. The van der Waals surface area contributed by atoms with Crippen molar-refractivity contribution in [2.24, 2.45) is 7.05 Å². The SMILES string of the molecule is CCCCCCCCc1n(CC(=O)[O-])cc[n+]1C. The second kappa shape index (κ2) is 7.90. The first-order chi connectivity index (χ1) is 8.65. The van der Waals surface area contributed by atoms with E-state index in [2.05, 4.69) is 6.92 Å². The summed E-state index contributed by atoms with van der Waals surface area (Å²) in [6.45, 7) is 2.17. The first-order valence-electron chi connectivity index (χ1n) is 6.88. The van der Waals surface area contributed by atoms with E-state index in [-0.39, 0.29) is 6.54 Å². The average Bonchev–Trinajstić information content (AvgIpc) is 2.65. The van der Waals surface area contributed by atoms with Crippen molar-refractivity contribution in [3.8, 4) is 0 Å². The molecule has 4 heteroatoms. The van der Waals surface area contributed by atoms with Crippen LogP contribution in [0.4, 0.5) is 0 Å². The lowest BCUT2D eigenvalue weighted by Crippen LogP contribution is -2.34. The first-order valence-corrected chi connectivity index (χ1v) is 6.88. The summed E-state index contributed by atoms with van der Waals surface area (Å²) >= 11 is 0. The van der Waals surface area contributed by atoms with Crippen molar-refractivity contribution < 1.29 is 14.5 Å². The fourth-order valence-corrected chi connectivity index (χ4v) is 2.22. The quantitative estimate of drug-likeness (QED) is 0.485. The van der Waals surface area contributed by atoms with Crippen LogP contribution in [0.1, 0.15) is 51.3 Å². The van der Waals surface area contributed by atoms with Gasteiger partial charge in [0.25, 0.3) is 5.82 Å².